The first-order chi connectivity index (χ1) is 7.65. The highest BCUT2D eigenvalue weighted by molar-refractivity contribution is 6.29. The molecule has 1 aromatic heterocycles. The van der Waals surface area contributed by atoms with Crippen LogP contribution in [0.25, 0.3) is 0 Å². The summed E-state index contributed by atoms with van der Waals surface area (Å²) < 4.78 is 22.6. The Morgan fingerprint density at radius 1 is 1.75 bits per heavy atom. The van der Waals surface area contributed by atoms with Gasteiger partial charge in [-0.05, 0) is 12.1 Å². The lowest BCUT2D eigenvalue weighted by Gasteiger charge is -2.21. The third kappa shape index (κ3) is 3.83. The number of furan rings is 1. The van der Waals surface area contributed by atoms with E-state index in [1.165, 1.54) is 18.3 Å². The molecule has 0 bridgehead atoms. The molecule has 0 N–H and O–H groups in total. The first kappa shape index (κ1) is 13.0. The van der Waals surface area contributed by atoms with Crippen molar-refractivity contribution in [1.82, 2.24) is 4.90 Å². The Hall–Kier alpha value is -1.07. The van der Waals surface area contributed by atoms with Gasteiger partial charge in [-0.15, -0.1) is 0 Å². The van der Waals surface area contributed by atoms with Crippen LogP contribution >= 0.6 is 11.6 Å². The first-order valence-corrected chi connectivity index (χ1v) is 5.17. The second-order valence-electron chi connectivity index (χ2n) is 3.13. The molecule has 0 aliphatic rings. The van der Waals surface area contributed by atoms with Crippen LogP contribution in [-0.4, -0.2) is 36.7 Å². The maximum atomic E-state index is 12.7. The quantitative estimate of drug-likeness (QED) is 0.722. The van der Waals surface area contributed by atoms with Crippen LogP contribution in [0, 0.1) is 0 Å². The molecule has 1 aromatic rings. The zero-order chi connectivity index (χ0) is 12.0. The fourth-order valence-corrected chi connectivity index (χ4v) is 1.34. The fourth-order valence-electron chi connectivity index (χ4n) is 1.20. The molecule has 0 aromatic carbocycles. The van der Waals surface area contributed by atoms with Gasteiger partial charge in [-0.3, -0.25) is 4.79 Å². The van der Waals surface area contributed by atoms with Gasteiger partial charge in [-0.1, -0.05) is 11.6 Å². The van der Waals surface area contributed by atoms with Gasteiger partial charge in [0.2, 0.25) is 0 Å². The van der Waals surface area contributed by atoms with Crippen molar-refractivity contribution in [2.75, 3.05) is 20.3 Å². The fraction of sp³-hybridized carbons (Fsp3) is 0.500. The Balaban J connectivity index is 2.60. The van der Waals surface area contributed by atoms with Gasteiger partial charge < -0.3 is 14.1 Å². The molecule has 1 unspecified atom stereocenters. The van der Waals surface area contributed by atoms with Gasteiger partial charge in [0.15, 0.2) is 0 Å². The minimum atomic E-state index is -2.04. The number of rotatable bonds is 6. The zero-order valence-electron chi connectivity index (χ0n) is 8.86. The number of carbonyl (C=O) groups is 1. The van der Waals surface area contributed by atoms with Crippen molar-refractivity contribution in [3.05, 3.63) is 24.2 Å². The lowest BCUT2D eigenvalue weighted by atomic mass is 10.4. The van der Waals surface area contributed by atoms with Crippen molar-refractivity contribution in [3.8, 4) is 0 Å². The molecule has 90 valence electrons. The van der Waals surface area contributed by atoms with E-state index < -0.39 is 11.5 Å². The van der Waals surface area contributed by atoms with Gasteiger partial charge in [0.1, 0.15) is 5.76 Å². The van der Waals surface area contributed by atoms with Crippen LogP contribution in [0.5, 0.6) is 0 Å². The Labute approximate surface area is 97.9 Å². The predicted molar refractivity (Wildman–Crippen MR) is 56.8 cm³/mol. The Morgan fingerprint density at radius 3 is 3.00 bits per heavy atom. The molecule has 1 amide bonds. The van der Waals surface area contributed by atoms with Crippen molar-refractivity contribution >= 4 is 17.5 Å². The molecule has 0 saturated heterocycles. The molecule has 0 fully saturated rings. The van der Waals surface area contributed by atoms with Gasteiger partial charge in [-0.25, -0.2) is 4.39 Å². The number of halogens is 2. The molecule has 1 heterocycles. The van der Waals surface area contributed by atoms with E-state index in [0.717, 1.165) is 0 Å². The highest BCUT2D eigenvalue weighted by Gasteiger charge is 2.22. The summed E-state index contributed by atoms with van der Waals surface area (Å²) in [5, 5.41) is 0. The van der Waals surface area contributed by atoms with Crippen LogP contribution in [0.2, 0.25) is 0 Å². The minimum Gasteiger partial charge on any atom is -0.467 e. The summed E-state index contributed by atoms with van der Waals surface area (Å²) in [5.74, 6) is -0.211. The second-order valence-corrected chi connectivity index (χ2v) is 3.52. The van der Waals surface area contributed by atoms with E-state index in [-0.39, 0.29) is 13.1 Å². The molecule has 4 nitrogen and oxygen atoms in total. The van der Waals surface area contributed by atoms with E-state index >= 15 is 0 Å². The van der Waals surface area contributed by atoms with Crippen molar-refractivity contribution in [1.29, 1.82) is 0 Å². The SMILES string of the molecule is COCCN(Cc1ccco1)C(=O)C(F)Cl. The van der Waals surface area contributed by atoms with Crippen molar-refractivity contribution < 1.29 is 18.3 Å². The van der Waals surface area contributed by atoms with E-state index in [4.69, 9.17) is 20.8 Å². The van der Waals surface area contributed by atoms with E-state index in [0.29, 0.717) is 12.4 Å². The summed E-state index contributed by atoms with van der Waals surface area (Å²) in [7, 11) is 1.50. The number of amides is 1. The smallest absolute Gasteiger partial charge is 0.273 e. The molecule has 6 heteroatoms. The van der Waals surface area contributed by atoms with E-state index in [1.54, 1.807) is 12.1 Å². The molecule has 0 aliphatic heterocycles. The molecule has 1 atom stereocenters. The van der Waals surface area contributed by atoms with E-state index in [2.05, 4.69) is 0 Å². The number of ether oxygens (including phenoxy) is 1. The third-order valence-corrected chi connectivity index (χ3v) is 2.18. The normalized spacial score (nSPS) is 12.4. The summed E-state index contributed by atoms with van der Waals surface area (Å²) >= 11 is 5.11. The highest BCUT2D eigenvalue weighted by Crippen LogP contribution is 2.10. The van der Waals surface area contributed by atoms with Crippen LogP contribution in [0.15, 0.2) is 22.8 Å². The average Bonchev–Trinajstić information content (AvgIpc) is 2.75. The largest absolute Gasteiger partial charge is 0.467 e. The molecule has 0 spiro atoms. The van der Waals surface area contributed by atoms with Gasteiger partial charge in [-0.2, -0.15) is 0 Å². The number of nitrogens with zero attached hydrogens (tertiary/aromatic N) is 1. The van der Waals surface area contributed by atoms with Crippen LogP contribution in [0.3, 0.4) is 0 Å². The lowest BCUT2D eigenvalue weighted by Crippen LogP contribution is -2.37. The van der Waals surface area contributed by atoms with Crippen molar-refractivity contribution in [3.63, 3.8) is 0 Å². The lowest BCUT2D eigenvalue weighted by molar-refractivity contribution is -0.135. The summed E-state index contributed by atoms with van der Waals surface area (Å²) in [6.07, 6.45) is 1.49. The summed E-state index contributed by atoms with van der Waals surface area (Å²) in [6, 6.07) is 3.40. The van der Waals surface area contributed by atoms with Crippen LogP contribution < -0.4 is 0 Å². The molecular formula is C10H13ClFNO3. The maximum Gasteiger partial charge on any atom is 0.273 e. The van der Waals surface area contributed by atoms with Crippen molar-refractivity contribution in [2.24, 2.45) is 0 Å². The van der Waals surface area contributed by atoms with Gasteiger partial charge >= 0.3 is 0 Å². The standard InChI is InChI=1S/C10H13ClFNO3/c1-15-6-4-13(10(14)9(11)12)7-8-3-2-5-16-8/h2-3,5,9H,4,6-7H2,1H3. The first-order valence-electron chi connectivity index (χ1n) is 4.73. The van der Waals surface area contributed by atoms with E-state index in [1.807, 2.05) is 0 Å². The number of hydrogen-bond acceptors (Lipinski definition) is 3. The molecule has 0 saturated carbocycles. The topological polar surface area (TPSA) is 42.7 Å². The molecule has 0 radical (unpaired) electrons. The molecule has 16 heavy (non-hydrogen) atoms. The Morgan fingerprint density at radius 2 is 2.50 bits per heavy atom. The number of alkyl halides is 2. The number of carbonyl (C=O) groups excluding carboxylic acids is 1. The van der Waals surface area contributed by atoms with Crippen molar-refractivity contribution in [2.45, 2.75) is 12.2 Å². The maximum absolute atomic E-state index is 12.7. The van der Waals surface area contributed by atoms with Gasteiger partial charge in [0, 0.05) is 13.7 Å². The zero-order valence-corrected chi connectivity index (χ0v) is 9.61. The molecule has 1 rings (SSSR count). The average molecular weight is 250 g/mol. The second kappa shape index (κ2) is 6.50. The molecule has 0 aliphatic carbocycles. The van der Waals surface area contributed by atoms with Crippen LogP contribution in [-0.2, 0) is 16.1 Å². The monoisotopic (exact) mass is 249 g/mol. The third-order valence-electron chi connectivity index (χ3n) is 1.99. The van der Waals surface area contributed by atoms with Crippen LogP contribution in [0.1, 0.15) is 5.76 Å². The Kier molecular flexibility index (Phi) is 5.28. The number of methoxy groups -OCH3 is 1. The predicted octanol–water partition coefficient (Wildman–Crippen LogP) is 1.79. The van der Waals surface area contributed by atoms with Gasteiger partial charge in [0.25, 0.3) is 11.5 Å². The highest BCUT2D eigenvalue weighted by atomic mass is 35.5. The summed E-state index contributed by atoms with van der Waals surface area (Å²) in [5.41, 5.74) is -2.04. The van der Waals surface area contributed by atoms with Gasteiger partial charge in [0.05, 0.1) is 19.4 Å². The minimum absolute atomic E-state index is 0.183. The summed E-state index contributed by atoms with van der Waals surface area (Å²) in [4.78, 5) is 12.6. The Bertz CT molecular complexity index is 316. The number of hydrogen-bond donors (Lipinski definition) is 0. The van der Waals surface area contributed by atoms with E-state index in [9.17, 15) is 9.18 Å². The molecular weight excluding hydrogens is 237 g/mol. The van der Waals surface area contributed by atoms with Crippen LogP contribution in [0.4, 0.5) is 4.39 Å². The summed E-state index contributed by atoms with van der Waals surface area (Å²) in [6.45, 7) is 0.765.